The second-order valence-electron chi connectivity index (χ2n) is 6.33. The van der Waals surface area contributed by atoms with Crippen molar-refractivity contribution >= 4 is 5.97 Å². The summed E-state index contributed by atoms with van der Waals surface area (Å²) in [6, 6.07) is 16.4. The Morgan fingerprint density at radius 1 is 0.667 bits per heavy atom. The number of para-hydroxylation sites is 2. The molecule has 0 aliphatic heterocycles. The Labute approximate surface area is 178 Å². The van der Waals surface area contributed by atoms with Crippen molar-refractivity contribution in [3.63, 3.8) is 0 Å². The molecule has 0 aliphatic carbocycles. The fourth-order valence-corrected chi connectivity index (χ4v) is 2.52. The maximum Gasteiger partial charge on any atom is 0.339 e. The van der Waals surface area contributed by atoms with Gasteiger partial charge in [-0.2, -0.15) is 0 Å². The zero-order valence-corrected chi connectivity index (χ0v) is 17.0. The minimum atomic E-state index is -0.985. The third-order valence-electron chi connectivity index (χ3n) is 4.03. The number of benzene rings is 2. The molecule has 4 nitrogen and oxygen atoms in total. The summed E-state index contributed by atoms with van der Waals surface area (Å²) in [5.41, 5.74) is 0.177. The van der Waals surface area contributed by atoms with Crippen LogP contribution in [0.15, 0.2) is 103 Å². The summed E-state index contributed by atoms with van der Waals surface area (Å²) >= 11 is 0. The molecule has 0 atom stereocenters. The second-order valence-corrected chi connectivity index (χ2v) is 6.33. The monoisotopic (exact) mass is 404 g/mol. The van der Waals surface area contributed by atoms with Gasteiger partial charge in [-0.15, -0.1) is 0 Å². The summed E-state index contributed by atoms with van der Waals surface area (Å²) in [5, 5.41) is 9.10. The molecule has 2 rings (SSSR count). The van der Waals surface area contributed by atoms with E-state index in [2.05, 4.69) is 30.4 Å². The average Bonchev–Trinajstić information content (AvgIpc) is 2.77. The van der Waals surface area contributed by atoms with Crippen molar-refractivity contribution in [2.45, 2.75) is 19.3 Å². The molecular formula is C26H28O4. The lowest BCUT2D eigenvalue weighted by Gasteiger charge is -2.06. The van der Waals surface area contributed by atoms with Crippen LogP contribution in [-0.2, 0) is 0 Å². The fourth-order valence-electron chi connectivity index (χ4n) is 2.52. The van der Waals surface area contributed by atoms with E-state index in [0.717, 1.165) is 25.0 Å². The Balaban J connectivity index is 1.51. The summed E-state index contributed by atoms with van der Waals surface area (Å²) in [5.74, 6) is 0.283. The number of ether oxygens (including phenoxy) is 2. The van der Waals surface area contributed by atoms with Crippen LogP contribution in [0.4, 0.5) is 0 Å². The molecule has 0 aliphatic rings. The van der Waals surface area contributed by atoms with Crippen LogP contribution in [-0.4, -0.2) is 24.3 Å². The molecule has 0 saturated heterocycles. The Hall–Kier alpha value is -3.53. The molecule has 0 unspecified atom stereocenters. The highest BCUT2D eigenvalue weighted by molar-refractivity contribution is 5.90. The fraction of sp³-hybridized carbons (Fsp3) is 0.192. The minimum absolute atomic E-state index is 0.177. The van der Waals surface area contributed by atoms with Gasteiger partial charge < -0.3 is 14.6 Å². The van der Waals surface area contributed by atoms with E-state index in [1.54, 1.807) is 18.2 Å². The predicted octanol–water partition coefficient (Wildman–Crippen LogP) is 6.24. The first-order valence-corrected chi connectivity index (χ1v) is 10.0. The highest BCUT2D eigenvalue weighted by Gasteiger charge is 2.08. The first kappa shape index (κ1) is 22.8. The molecule has 1 N–H and O–H groups in total. The highest BCUT2D eigenvalue weighted by Crippen LogP contribution is 2.17. The molecule has 0 bridgehead atoms. The lowest BCUT2D eigenvalue weighted by Crippen LogP contribution is -2.02. The van der Waals surface area contributed by atoms with Crippen molar-refractivity contribution in [3.8, 4) is 11.5 Å². The Morgan fingerprint density at radius 3 is 1.77 bits per heavy atom. The van der Waals surface area contributed by atoms with Crippen LogP contribution >= 0.6 is 0 Å². The summed E-state index contributed by atoms with van der Waals surface area (Å²) < 4.78 is 11.1. The number of aromatic carboxylic acids is 1. The van der Waals surface area contributed by atoms with E-state index in [4.69, 9.17) is 14.6 Å². The zero-order valence-electron chi connectivity index (χ0n) is 17.0. The number of carboxylic acids is 1. The van der Waals surface area contributed by atoms with Gasteiger partial charge in [-0.25, -0.2) is 4.79 Å². The van der Waals surface area contributed by atoms with Gasteiger partial charge in [0, 0.05) is 0 Å². The van der Waals surface area contributed by atoms with Gasteiger partial charge in [-0.3, -0.25) is 0 Å². The normalized spacial score (nSPS) is 11.7. The van der Waals surface area contributed by atoms with E-state index >= 15 is 0 Å². The minimum Gasteiger partial charge on any atom is -0.490 e. The van der Waals surface area contributed by atoms with Crippen molar-refractivity contribution in [1.82, 2.24) is 0 Å². The number of allylic oxidation sites excluding steroid dienone is 6. The third kappa shape index (κ3) is 9.60. The standard InChI is InChI=1S/C26H28O4/c27-26(28)24-19-13-14-20-25(24)30-22-16-9-7-5-3-1-2-4-6-8-15-21-29-23-17-11-10-12-18-23/h2-5,8-20H,1,6-7,21-22H2,(H,27,28)/b4-2-,5-3-,15-8-,16-9-. The molecule has 0 aromatic heterocycles. The van der Waals surface area contributed by atoms with Crippen LogP contribution in [0.1, 0.15) is 29.6 Å². The van der Waals surface area contributed by atoms with Gasteiger partial charge in [0.2, 0.25) is 0 Å². The van der Waals surface area contributed by atoms with Crippen molar-refractivity contribution in [1.29, 1.82) is 0 Å². The summed E-state index contributed by atoms with van der Waals surface area (Å²) in [6.45, 7) is 0.925. The molecule has 2 aromatic carbocycles. The Kier molecular flexibility index (Phi) is 11.0. The maximum atomic E-state index is 11.1. The lowest BCUT2D eigenvalue weighted by molar-refractivity contribution is 0.0693. The molecule has 0 saturated carbocycles. The van der Waals surface area contributed by atoms with E-state index in [1.807, 2.05) is 48.6 Å². The number of carbonyl (C=O) groups is 1. The van der Waals surface area contributed by atoms with Gasteiger partial charge in [0.1, 0.15) is 30.3 Å². The van der Waals surface area contributed by atoms with Gasteiger partial charge in [-0.05, 0) is 43.5 Å². The van der Waals surface area contributed by atoms with Gasteiger partial charge in [0.25, 0.3) is 0 Å². The predicted molar refractivity (Wildman–Crippen MR) is 121 cm³/mol. The molecule has 0 spiro atoms. The third-order valence-corrected chi connectivity index (χ3v) is 4.03. The second kappa shape index (κ2) is 14.5. The number of carboxylic acid groups (broad SMARTS) is 1. The van der Waals surface area contributed by atoms with Crippen LogP contribution in [0, 0.1) is 0 Å². The molecule has 0 radical (unpaired) electrons. The van der Waals surface area contributed by atoms with E-state index in [1.165, 1.54) is 6.07 Å². The van der Waals surface area contributed by atoms with E-state index in [0.29, 0.717) is 19.0 Å². The molecular weight excluding hydrogens is 376 g/mol. The van der Waals surface area contributed by atoms with Gasteiger partial charge in [-0.1, -0.05) is 78.9 Å². The SMILES string of the molecule is O=C(O)c1ccccc1OC/C=C\C/C=C\C/C=C\C/C=C\COc1ccccc1. The van der Waals surface area contributed by atoms with Crippen LogP contribution < -0.4 is 9.47 Å². The van der Waals surface area contributed by atoms with Crippen LogP contribution in [0.3, 0.4) is 0 Å². The smallest absolute Gasteiger partial charge is 0.339 e. The van der Waals surface area contributed by atoms with Gasteiger partial charge >= 0.3 is 5.97 Å². The highest BCUT2D eigenvalue weighted by atomic mass is 16.5. The number of rotatable bonds is 13. The van der Waals surface area contributed by atoms with Crippen molar-refractivity contribution in [2.24, 2.45) is 0 Å². The van der Waals surface area contributed by atoms with Crippen LogP contribution in [0.25, 0.3) is 0 Å². The molecule has 0 amide bonds. The topological polar surface area (TPSA) is 55.8 Å². The van der Waals surface area contributed by atoms with Gasteiger partial charge in [0.05, 0.1) is 0 Å². The van der Waals surface area contributed by atoms with Gasteiger partial charge in [0.15, 0.2) is 0 Å². The Morgan fingerprint density at radius 2 is 1.17 bits per heavy atom. The van der Waals surface area contributed by atoms with Crippen molar-refractivity contribution in [3.05, 3.63) is 109 Å². The van der Waals surface area contributed by atoms with Crippen LogP contribution in [0.5, 0.6) is 11.5 Å². The summed E-state index contributed by atoms with van der Waals surface area (Å²) in [4.78, 5) is 11.1. The van der Waals surface area contributed by atoms with E-state index in [-0.39, 0.29) is 5.56 Å². The lowest BCUT2D eigenvalue weighted by atomic mass is 10.2. The molecule has 30 heavy (non-hydrogen) atoms. The Bertz CT molecular complexity index is 864. The summed E-state index contributed by atoms with van der Waals surface area (Å²) in [6.07, 6.45) is 19.1. The molecule has 0 fully saturated rings. The number of hydrogen-bond donors (Lipinski definition) is 1. The van der Waals surface area contributed by atoms with E-state index < -0.39 is 5.97 Å². The average molecular weight is 405 g/mol. The van der Waals surface area contributed by atoms with Crippen molar-refractivity contribution in [2.75, 3.05) is 13.2 Å². The summed E-state index contributed by atoms with van der Waals surface area (Å²) in [7, 11) is 0. The van der Waals surface area contributed by atoms with Crippen LogP contribution in [0.2, 0.25) is 0 Å². The number of hydrogen-bond acceptors (Lipinski definition) is 3. The molecule has 2 aromatic rings. The zero-order chi connectivity index (χ0) is 21.3. The molecule has 156 valence electrons. The quantitative estimate of drug-likeness (QED) is 0.402. The molecule has 0 heterocycles. The van der Waals surface area contributed by atoms with Crippen molar-refractivity contribution < 1.29 is 19.4 Å². The first-order chi connectivity index (χ1) is 14.8. The van der Waals surface area contributed by atoms with E-state index in [9.17, 15) is 4.79 Å². The largest absolute Gasteiger partial charge is 0.490 e. The molecule has 4 heteroatoms. The maximum absolute atomic E-state index is 11.1. The first-order valence-electron chi connectivity index (χ1n) is 10.0.